The molecule has 1 aliphatic carbocycles. The predicted octanol–water partition coefficient (Wildman–Crippen LogP) is 1.27. The Balaban J connectivity index is 1.82. The van der Waals surface area contributed by atoms with Gasteiger partial charge >= 0.3 is 0 Å². The van der Waals surface area contributed by atoms with E-state index >= 15 is 0 Å². The number of hydrogen-bond acceptors (Lipinski definition) is 3. The van der Waals surface area contributed by atoms with Crippen molar-refractivity contribution in [1.82, 2.24) is 10.2 Å². The molecule has 3 unspecified atom stereocenters. The van der Waals surface area contributed by atoms with Gasteiger partial charge in [0.1, 0.15) is 6.04 Å². The van der Waals surface area contributed by atoms with E-state index in [1.807, 2.05) is 4.90 Å². The zero-order chi connectivity index (χ0) is 15.2. The van der Waals surface area contributed by atoms with Crippen molar-refractivity contribution in [2.24, 2.45) is 17.6 Å². The van der Waals surface area contributed by atoms with Gasteiger partial charge in [0.2, 0.25) is 11.8 Å². The Hall–Kier alpha value is -1.10. The van der Waals surface area contributed by atoms with Crippen LogP contribution in [0.2, 0.25) is 0 Å². The maximum Gasteiger partial charge on any atom is 0.244 e. The predicted molar refractivity (Wildman–Crippen MR) is 82.5 cm³/mol. The lowest BCUT2D eigenvalue weighted by Gasteiger charge is -2.31. The van der Waals surface area contributed by atoms with Crippen LogP contribution in [0.15, 0.2) is 0 Å². The molecule has 5 heteroatoms. The minimum absolute atomic E-state index is 0.0314. The minimum Gasteiger partial charge on any atom is -0.344 e. The highest BCUT2D eigenvalue weighted by atomic mass is 16.2. The monoisotopic (exact) mass is 295 g/mol. The fraction of sp³-hybridized carbons (Fsp3) is 0.875. The zero-order valence-electron chi connectivity index (χ0n) is 13.1. The fourth-order valence-corrected chi connectivity index (χ4v) is 3.52. The number of carbonyl (C=O) groups excluding carboxylic acids is 2. The number of amides is 2. The molecular weight excluding hydrogens is 266 g/mol. The first kappa shape index (κ1) is 16.3. The SMILES string of the molecule is CC(NC(=O)C1CCCC(CN)C1)C(=O)N1CCCCC1. The van der Waals surface area contributed by atoms with Crippen LogP contribution in [-0.2, 0) is 9.59 Å². The molecule has 0 spiro atoms. The van der Waals surface area contributed by atoms with Gasteiger partial charge < -0.3 is 16.0 Å². The normalized spacial score (nSPS) is 28.0. The van der Waals surface area contributed by atoms with E-state index in [4.69, 9.17) is 5.73 Å². The molecule has 2 fully saturated rings. The minimum atomic E-state index is -0.408. The van der Waals surface area contributed by atoms with Crippen LogP contribution in [-0.4, -0.2) is 42.4 Å². The van der Waals surface area contributed by atoms with Crippen LogP contribution in [0.5, 0.6) is 0 Å². The Labute approximate surface area is 127 Å². The van der Waals surface area contributed by atoms with Gasteiger partial charge in [0.05, 0.1) is 0 Å². The smallest absolute Gasteiger partial charge is 0.244 e. The third-order valence-electron chi connectivity index (χ3n) is 4.88. The topological polar surface area (TPSA) is 75.4 Å². The summed E-state index contributed by atoms with van der Waals surface area (Å²) >= 11 is 0. The summed E-state index contributed by atoms with van der Waals surface area (Å²) in [7, 11) is 0. The molecule has 3 N–H and O–H groups in total. The molecule has 1 saturated heterocycles. The first-order chi connectivity index (χ1) is 10.1. The molecule has 1 heterocycles. The highest BCUT2D eigenvalue weighted by molar-refractivity contribution is 5.88. The number of hydrogen-bond donors (Lipinski definition) is 2. The Morgan fingerprint density at radius 1 is 1.19 bits per heavy atom. The molecule has 120 valence electrons. The second-order valence-corrected chi connectivity index (χ2v) is 6.58. The van der Waals surface area contributed by atoms with Gasteiger partial charge in [-0.15, -0.1) is 0 Å². The second-order valence-electron chi connectivity index (χ2n) is 6.58. The summed E-state index contributed by atoms with van der Waals surface area (Å²) in [5, 5.41) is 2.92. The highest BCUT2D eigenvalue weighted by Crippen LogP contribution is 2.28. The van der Waals surface area contributed by atoms with Crippen molar-refractivity contribution in [3.63, 3.8) is 0 Å². The van der Waals surface area contributed by atoms with Gasteiger partial charge in [-0.1, -0.05) is 6.42 Å². The number of rotatable bonds is 4. The number of piperidine rings is 1. The van der Waals surface area contributed by atoms with E-state index in [-0.39, 0.29) is 17.7 Å². The van der Waals surface area contributed by atoms with Crippen molar-refractivity contribution < 1.29 is 9.59 Å². The van der Waals surface area contributed by atoms with E-state index in [9.17, 15) is 9.59 Å². The highest BCUT2D eigenvalue weighted by Gasteiger charge is 2.29. The van der Waals surface area contributed by atoms with E-state index < -0.39 is 6.04 Å². The summed E-state index contributed by atoms with van der Waals surface area (Å²) in [4.78, 5) is 26.5. The zero-order valence-corrected chi connectivity index (χ0v) is 13.1. The third-order valence-corrected chi connectivity index (χ3v) is 4.88. The molecule has 3 atom stereocenters. The van der Waals surface area contributed by atoms with Crippen LogP contribution in [0.1, 0.15) is 51.9 Å². The molecule has 0 aromatic carbocycles. The van der Waals surface area contributed by atoms with Gasteiger partial charge in [0.15, 0.2) is 0 Å². The van der Waals surface area contributed by atoms with Crippen LogP contribution in [0.3, 0.4) is 0 Å². The van der Waals surface area contributed by atoms with E-state index in [1.165, 1.54) is 6.42 Å². The maximum absolute atomic E-state index is 12.3. The first-order valence-corrected chi connectivity index (χ1v) is 8.41. The number of nitrogens with zero attached hydrogens (tertiary/aromatic N) is 1. The average molecular weight is 295 g/mol. The molecule has 0 radical (unpaired) electrons. The summed E-state index contributed by atoms with van der Waals surface area (Å²) in [5.41, 5.74) is 5.72. The summed E-state index contributed by atoms with van der Waals surface area (Å²) in [6.45, 7) is 4.12. The molecule has 2 amide bonds. The number of carbonyl (C=O) groups is 2. The van der Waals surface area contributed by atoms with Gasteiger partial charge in [-0.25, -0.2) is 0 Å². The number of likely N-dealkylation sites (tertiary alicyclic amines) is 1. The molecule has 21 heavy (non-hydrogen) atoms. The molecule has 1 aliphatic heterocycles. The second kappa shape index (κ2) is 7.78. The van der Waals surface area contributed by atoms with Crippen molar-refractivity contribution in [2.45, 2.75) is 57.9 Å². The summed E-state index contributed by atoms with van der Waals surface area (Å²) < 4.78 is 0. The van der Waals surface area contributed by atoms with Gasteiger partial charge in [0.25, 0.3) is 0 Å². The van der Waals surface area contributed by atoms with Gasteiger partial charge in [0, 0.05) is 19.0 Å². The Morgan fingerprint density at radius 2 is 1.90 bits per heavy atom. The molecular formula is C16H29N3O2. The largest absolute Gasteiger partial charge is 0.344 e. The van der Waals surface area contributed by atoms with Crippen LogP contribution in [0, 0.1) is 11.8 Å². The van der Waals surface area contributed by atoms with Crippen molar-refractivity contribution >= 4 is 11.8 Å². The molecule has 0 aromatic heterocycles. The summed E-state index contributed by atoms with van der Waals surface area (Å²) in [6.07, 6.45) is 7.34. The molecule has 1 saturated carbocycles. The van der Waals surface area contributed by atoms with E-state index in [0.29, 0.717) is 12.5 Å². The van der Waals surface area contributed by atoms with Crippen LogP contribution in [0.4, 0.5) is 0 Å². The Kier molecular flexibility index (Phi) is 6.03. The lowest BCUT2D eigenvalue weighted by Crippen LogP contribution is -2.50. The quantitative estimate of drug-likeness (QED) is 0.820. The maximum atomic E-state index is 12.3. The lowest BCUT2D eigenvalue weighted by molar-refractivity contribution is -0.138. The molecule has 0 aromatic rings. The van der Waals surface area contributed by atoms with E-state index in [2.05, 4.69) is 5.32 Å². The van der Waals surface area contributed by atoms with Crippen molar-refractivity contribution in [3.05, 3.63) is 0 Å². The first-order valence-electron chi connectivity index (χ1n) is 8.41. The van der Waals surface area contributed by atoms with Crippen LogP contribution in [0.25, 0.3) is 0 Å². The molecule has 5 nitrogen and oxygen atoms in total. The summed E-state index contributed by atoms with van der Waals surface area (Å²) in [5.74, 6) is 0.590. The Bertz CT molecular complexity index is 367. The number of nitrogens with one attached hydrogen (secondary N) is 1. The van der Waals surface area contributed by atoms with Gasteiger partial charge in [-0.05, 0) is 57.9 Å². The summed E-state index contributed by atoms with van der Waals surface area (Å²) in [6, 6.07) is -0.408. The van der Waals surface area contributed by atoms with Crippen LogP contribution < -0.4 is 11.1 Å². The standard InChI is InChI=1S/C16H29N3O2/c1-12(16(21)19-8-3-2-4-9-19)18-15(20)14-7-5-6-13(10-14)11-17/h12-14H,2-11,17H2,1H3,(H,18,20). The fourth-order valence-electron chi connectivity index (χ4n) is 3.52. The van der Waals surface area contributed by atoms with Crippen LogP contribution >= 0.6 is 0 Å². The van der Waals surface area contributed by atoms with E-state index in [0.717, 1.165) is 51.6 Å². The van der Waals surface area contributed by atoms with Crippen molar-refractivity contribution in [3.8, 4) is 0 Å². The Morgan fingerprint density at radius 3 is 2.57 bits per heavy atom. The van der Waals surface area contributed by atoms with Crippen molar-refractivity contribution in [2.75, 3.05) is 19.6 Å². The molecule has 2 rings (SSSR count). The van der Waals surface area contributed by atoms with Gasteiger partial charge in [-0.3, -0.25) is 9.59 Å². The lowest BCUT2D eigenvalue weighted by atomic mass is 9.81. The van der Waals surface area contributed by atoms with Crippen molar-refractivity contribution in [1.29, 1.82) is 0 Å². The van der Waals surface area contributed by atoms with E-state index in [1.54, 1.807) is 6.92 Å². The molecule has 0 bridgehead atoms. The average Bonchev–Trinajstić information content (AvgIpc) is 2.54. The molecule has 2 aliphatic rings. The van der Waals surface area contributed by atoms with Gasteiger partial charge in [-0.2, -0.15) is 0 Å². The third kappa shape index (κ3) is 4.43. The number of nitrogens with two attached hydrogens (primary N) is 1.